The molecule has 1 aromatic rings. The van der Waals surface area contributed by atoms with E-state index in [4.69, 9.17) is 15.8 Å². The van der Waals surface area contributed by atoms with E-state index in [0.29, 0.717) is 10.8 Å². The normalized spacial score (nSPS) is 11.1. The molecule has 0 amide bonds. The molecule has 0 aliphatic carbocycles. The Kier molecular flexibility index (Phi) is 7.52. The molecule has 1 atom stereocenters. The van der Waals surface area contributed by atoms with Gasteiger partial charge in [-0.25, -0.2) is 4.21 Å². The highest BCUT2D eigenvalue weighted by molar-refractivity contribution is 7.79. The van der Waals surface area contributed by atoms with Crippen LogP contribution in [-0.2, 0) is 11.1 Å². The van der Waals surface area contributed by atoms with Gasteiger partial charge in [0.25, 0.3) is 0 Å². The number of rotatable bonds is 2. The lowest BCUT2D eigenvalue weighted by molar-refractivity contribution is 0.568. The lowest BCUT2D eigenvalue weighted by atomic mass is 10.3. The minimum atomic E-state index is -1.27. The molecular weight excluding hydrogens is 220 g/mol. The van der Waals surface area contributed by atoms with E-state index >= 15 is 0 Å². The summed E-state index contributed by atoms with van der Waals surface area (Å²) in [5.41, 5.74) is 0. The molecule has 0 heterocycles. The van der Waals surface area contributed by atoms with Crippen molar-refractivity contribution in [1.82, 2.24) is 0 Å². The summed E-state index contributed by atoms with van der Waals surface area (Å²) < 4.78 is 15.4. The summed E-state index contributed by atoms with van der Waals surface area (Å²) in [4.78, 5) is 0. The van der Waals surface area contributed by atoms with Gasteiger partial charge in [-0.3, -0.25) is 0 Å². The molecule has 80 valence electrons. The van der Waals surface area contributed by atoms with Crippen molar-refractivity contribution in [3.05, 3.63) is 29.3 Å². The molecule has 14 heavy (non-hydrogen) atoms. The maximum absolute atomic E-state index is 10.6. The van der Waals surface area contributed by atoms with Crippen molar-refractivity contribution < 1.29 is 8.39 Å². The lowest BCUT2D eigenvalue weighted by Crippen LogP contribution is -1.95. The van der Waals surface area contributed by atoms with Crippen molar-refractivity contribution in [2.24, 2.45) is 0 Å². The van der Waals surface area contributed by atoms with Crippen LogP contribution < -0.4 is 4.18 Å². The largest absolute Gasteiger partial charge is 0.401 e. The van der Waals surface area contributed by atoms with Crippen molar-refractivity contribution in [3.8, 4) is 5.75 Å². The Hall–Kier alpha value is -0.540. The van der Waals surface area contributed by atoms with Crippen molar-refractivity contribution in [2.75, 3.05) is 6.26 Å². The summed E-state index contributed by atoms with van der Waals surface area (Å²) in [6.45, 7) is 4.25. The number of hydrogen-bond acceptors (Lipinski definition) is 2. The highest BCUT2D eigenvalue weighted by atomic mass is 35.5. The van der Waals surface area contributed by atoms with Crippen LogP contribution in [-0.4, -0.2) is 10.5 Å². The Morgan fingerprint density at radius 3 is 2.07 bits per heavy atom. The van der Waals surface area contributed by atoms with E-state index in [2.05, 4.69) is 13.8 Å². The van der Waals surface area contributed by atoms with Gasteiger partial charge >= 0.3 is 0 Å². The van der Waals surface area contributed by atoms with Crippen molar-refractivity contribution in [2.45, 2.75) is 20.3 Å². The highest BCUT2D eigenvalue weighted by Crippen LogP contribution is 2.15. The molecule has 0 saturated carbocycles. The molecule has 1 rings (SSSR count). The van der Waals surface area contributed by atoms with Gasteiger partial charge in [0, 0.05) is 11.3 Å². The summed E-state index contributed by atoms with van der Waals surface area (Å²) in [5.74, 6) is 0.565. The Labute approximate surface area is 92.9 Å². The molecule has 1 aromatic carbocycles. The molecule has 0 aliphatic heterocycles. The van der Waals surface area contributed by atoms with Crippen LogP contribution in [0, 0.1) is 0 Å². The van der Waals surface area contributed by atoms with E-state index in [1.165, 1.54) is 12.7 Å². The van der Waals surface area contributed by atoms with Gasteiger partial charge in [0.05, 0.1) is 0 Å². The molecule has 1 unspecified atom stereocenters. The zero-order valence-electron chi connectivity index (χ0n) is 8.62. The zero-order chi connectivity index (χ0) is 11.0. The van der Waals surface area contributed by atoms with Crippen LogP contribution in [0.15, 0.2) is 24.3 Å². The van der Waals surface area contributed by atoms with E-state index < -0.39 is 11.1 Å². The molecule has 0 fully saturated rings. The number of hydrogen-bond donors (Lipinski definition) is 0. The molecule has 0 spiro atoms. The molecule has 2 nitrogen and oxygen atoms in total. The van der Waals surface area contributed by atoms with Crippen molar-refractivity contribution in [3.63, 3.8) is 0 Å². The predicted octanol–water partition coefficient (Wildman–Crippen LogP) is 3.43. The Balaban J connectivity index is 0.000000500. The van der Waals surface area contributed by atoms with E-state index in [1.54, 1.807) is 24.3 Å². The Morgan fingerprint density at radius 1 is 1.29 bits per heavy atom. The molecule has 0 saturated heterocycles. The number of halogens is 1. The van der Waals surface area contributed by atoms with Gasteiger partial charge in [-0.05, 0) is 24.3 Å². The smallest absolute Gasteiger partial charge is 0.203 e. The Morgan fingerprint density at radius 2 is 1.71 bits per heavy atom. The summed E-state index contributed by atoms with van der Waals surface area (Å²) >= 11 is 4.35. The van der Waals surface area contributed by atoms with Crippen molar-refractivity contribution in [1.29, 1.82) is 0 Å². The average Bonchev–Trinajstić information content (AvgIpc) is 2.09. The van der Waals surface area contributed by atoms with E-state index in [9.17, 15) is 4.21 Å². The molecule has 4 heteroatoms. The minimum absolute atomic E-state index is 0.565. The van der Waals surface area contributed by atoms with Gasteiger partial charge in [0.2, 0.25) is 11.1 Å². The third kappa shape index (κ3) is 6.92. The third-order valence-corrected chi connectivity index (χ3v) is 1.71. The minimum Gasteiger partial charge on any atom is -0.401 e. The Bertz CT molecular complexity index is 272. The van der Waals surface area contributed by atoms with Crippen molar-refractivity contribution >= 4 is 22.7 Å². The van der Waals surface area contributed by atoms with Gasteiger partial charge < -0.3 is 4.18 Å². The first-order valence-electron chi connectivity index (χ1n) is 4.37. The fourth-order valence-electron chi connectivity index (χ4n) is 0.626. The molecule has 0 radical (unpaired) electrons. The first-order chi connectivity index (χ1) is 6.60. The first-order valence-corrected chi connectivity index (χ1v) is 6.23. The van der Waals surface area contributed by atoms with Gasteiger partial charge in [0.1, 0.15) is 5.75 Å². The van der Waals surface area contributed by atoms with Gasteiger partial charge in [-0.15, -0.1) is 0 Å². The lowest BCUT2D eigenvalue weighted by Gasteiger charge is -1.99. The van der Waals surface area contributed by atoms with Crippen LogP contribution in [0.2, 0.25) is 5.02 Å². The van der Waals surface area contributed by atoms with Crippen LogP contribution in [0.5, 0.6) is 5.75 Å². The molecule has 0 bridgehead atoms. The van der Waals surface area contributed by atoms with E-state index in [1.807, 2.05) is 0 Å². The highest BCUT2D eigenvalue weighted by Gasteiger charge is 1.94. The fraction of sp³-hybridized carbons (Fsp3) is 0.400. The van der Waals surface area contributed by atoms with Gasteiger partial charge in [-0.2, -0.15) is 0 Å². The first kappa shape index (κ1) is 13.5. The summed E-state index contributed by atoms with van der Waals surface area (Å²) in [6, 6.07) is 6.71. The molecular formula is C10H15ClO2S. The summed E-state index contributed by atoms with van der Waals surface area (Å²) in [6.07, 6.45) is 2.72. The summed E-state index contributed by atoms with van der Waals surface area (Å²) in [5, 5.41) is 0.638. The SMILES string of the molecule is CCC.CS(=O)Oc1ccc(Cl)cc1. The van der Waals surface area contributed by atoms with E-state index in [-0.39, 0.29) is 0 Å². The maximum Gasteiger partial charge on any atom is 0.203 e. The predicted molar refractivity (Wildman–Crippen MR) is 62.1 cm³/mol. The zero-order valence-corrected chi connectivity index (χ0v) is 10.2. The van der Waals surface area contributed by atoms with Crippen LogP contribution >= 0.6 is 11.6 Å². The fourth-order valence-corrected chi connectivity index (χ4v) is 1.13. The van der Waals surface area contributed by atoms with Crippen LogP contribution in [0.25, 0.3) is 0 Å². The van der Waals surface area contributed by atoms with Gasteiger partial charge in [0.15, 0.2) is 0 Å². The standard InChI is InChI=1S/C7H7ClO2S.C3H8/c1-11(9)10-7-4-2-6(8)3-5-7;1-3-2/h2-5H,1H3;3H2,1-2H3. The molecule has 0 aromatic heterocycles. The third-order valence-electron chi connectivity index (χ3n) is 1.03. The van der Waals surface area contributed by atoms with Gasteiger partial charge in [-0.1, -0.05) is 31.9 Å². The van der Waals surface area contributed by atoms with Crippen LogP contribution in [0.3, 0.4) is 0 Å². The monoisotopic (exact) mass is 234 g/mol. The second kappa shape index (κ2) is 7.83. The van der Waals surface area contributed by atoms with Crippen LogP contribution in [0.4, 0.5) is 0 Å². The summed E-state index contributed by atoms with van der Waals surface area (Å²) in [7, 11) is 0. The average molecular weight is 235 g/mol. The second-order valence-corrected chi connectivity index (χ2v) is 4.05. The quantitative estimate of drug-likeness (QED) is 0.784. The number of benzene rings is 1. The molecule has 0 aliphatic rings. The van der Waals surface area contributed by atoms with E-state index in [0.717, 1.165) is 0 Å². The molecule has 0 N–H and O–H groups in total. The maximum atomic E-state index is 10.6. The second-order valence-electron chi connectivity index (χ2n) is 2.65. The topological polar surface area (TPSA) is 26.3 Å². The van der Waals surface area contributed by atoms with Crippen LogP contribution in [0.1, 0.15) is 20.3 Å².